The molecule has 0 aliphatic carbocycles. The van der Waals surface area contributed by atoms with Crippen molar-refractivity contribution in [3.05, 3.63) is 70.3 Å². The van der Waals surface area contributed by atoms with E-state index in [0.717, 1.165) is 16.0 Å². The highest BCUT2D eigenvalue weighted by molar-refractivity contribution is 6.02. The van der Waals surface area contributed by atoms with Crippen molar-refractivity contribution in [3.63, 3.8) is 0 Å². The molecule has 1 heterocycles. The first-order valence-corrected chi connectivity index (χ1v) is 8.80. The summed E-state index contributed by atoms with van der Waals surface area (Å²) in [5.74, 6) is -1.24. The van der Waals surface area contributed by atoms with Gasteiger partial charge in [-0.15, -0.1) is 0 Å². The highest BCUT2D eigenvalue weighted by Gasteiger charge is 2.28. The lowest BCUT2D eigenvalue weighted by Crippen LogP contribution is -2.30. The van der Waals surface area contributed by atoms with Crippen molar-refractivity contribution >= 4 is 23.7 Å². The molecule has 0 aromatic heterocycles. The molecule has 7 heteroatoms. The first kappa shape index (κ1) is 19.3. The fraction of sp³-hybridized carbons (Fsp3) is 0.238. The van der Waals surface area contributed by atoms with Gasteiger partial charge < -0.3 is 10.1 Å². The zero-order valence-corrected chi connectivity index (χ0v) is 15.7. The van der Waals surface area contributed by atoms with Crippen LogP contribution in [0.1, 0.15) is 37.4 Å². The van der Waals surface area contributed by atoms with Gasteiger partial charge in [0.25, 0.3) is 0 Å². The smallest absolute Gasteiger partial charge is 0.338 e. The summed E-state index contributed by atoms with van der Waals surface area (Å²) in [6, 6.07) is 11.5. The van der Waals surface area contributed by atoms with Crippen LogP contribution in [0.25, 0.3) is 0 Å². The van der Waals surface area contributed by atoms with Gasteiger partial charge >= 0.3 is 12.0 Å². The highest BCUT2D eigenvalue weighted by Crippen LogP contribution is 2.14. The minimum Gasteiger partial charge on any atom is -0.454 e. The monoisotopic (exact) mass is 380 g/mol. The quantitative estimate of drug-likeness (QED) is 0.472. The molecule has 0 spiro atoms. The number of aryl methyl sites for hydroxylation is 2. The zero-order chi connectivity index (χ0) is 20.3. The molecule has 1 aliphatic rings. The predicted octanol–water partition coefficient (Wildman–Crippen LogP) is 2.39. The second kappa shape index (κ2) is 8.04. The first-order valence-electron chi connectivity index (χ1n) is 8.80. The van der Waals surface area contributed by atoms with E-state index in [1.807, 2.05) is 26.0 Å². The van der Waals surface area contributed by atoms with Crippen LogP contribution in [0.5, 0.6) is 0 Å². The Morgan fingerprint density at radius 3 is 2.61 bits per heavy atom. The maximum absolute atomic E-state index is 12.4. The van der Waals surface area contributed by atoms with Crippen molar-refractivity contribution in [1.82, 2.24) is 10.2 Å². The average Bonchev–Trinajstić information content (AvgIpc) is 3.00. The van der Waals surface area contributed by atoms with E-state index in [1.54, 1.807) is 30.3 Å². The molecule has 0 unspecified atom stereocenters. The molecule has 1 saturated heterocycles. The number of carbonyl (C=O) groups excluding carboxylic acids is 4. The van der Waals surface area contributed by atoms with Crippen LogP contribution in [0.2, 0.25) is 0 Å². The molecule has 0 saturated carbocycles. The molecular weight excluding hydrogens is 360 g/mol. The second-order valence-electron chi connectivity index (χ2n) is 6.66. The summed E-state index contributed by atoms with van der Waals surface area (Å²) in [5.41, 5.74) is 3.16. The highest BCUT2D eigenvalue weighted by atomic mass is 16.5. The lowest BCUT2D eigenvalue weighted by molar-refractivity contribution is -0.125. The molecule has 1 aliphatic heterocycles. The van der Waals surface area contributed by atoms with E-state index >= 15 is 0 Å². The van der Waals surface area contributed by atoms with Crippen molar-refractivity contribution in [1.29, 1.82) is 0 Å². The van der Waals surface area contributed by atoms with E-state index < -0.39 is 12.0 Å². The molecule has 0 radical (unpaired) electrons. The summed E-state index contributed by atoms with van der Waals surface area (Å²) < 4.78 is 5.16. The molecule has 3 rings (SSSR count). The van der Waals surface area contributed by atoms with Crippen LogP contribution in [0.3, 0.4) is 0 Å². The van der Waals surface area contributed by atoms with Gasteiger partial charge in [0.1, 0.15) is 0 Å². The normalized spacial score (nSPS) is 13.4. The van der Waals surface area contributed by atoms with Gasteiger partial charge in [0, 0.05) is 5.56 Å². The molecular formula is C21H20N2O5. The van der Waals surface area contributed by atoms with E-state index in [4.69, 9.17) is 4.74 Å². The third kappa shape index (κ3) is 4.25. The molecule has 144 valence electrons. The fourth-order valence-corrected chi connectivity index (χ4v) is 2.92. The number of imide groups is 1. The number of carbonyl (C=O) groups is 4. The van der Waals surface area contributed by atoms with Gasteiger partial charge in [-0.2, -0.15) is 0 Å². The number of esters is 1. The third-order valence-corrected chi connectivity index (χ3v) is 4.47. The zero-order valence-electron chi connectivity index (χ0n) is 15.7. The van der Waals surface area contributed by atoms with E-state index in [-0.39, 0.29) is 37.0 Å². The van der Waals surface area contributed by atoms with Crippen molar-refractivity contribution in [2.24, 2.45) is 0 Å². The van der Waals surface area contributed by atoms with Crippen molar-refractivity contribution in [3.8, 4) is 0 Å². The summed E-state index contributed by atoms with van der Waals surface area (Å²) >= 11 is 0. The molecule has 3 amide bonds. The van der Waals surface area contributed by atoms with Gasteiger partial charge in [0.15, 0.2) is 6.61 Å². The van der Waals surface area contributed by atoms with E-state index in [2.05, 4.69) is 5.32 Å². The summed E-state index contributed by atoms with van der Waals surface area (Å²) in [6.45, 7) is 3.39. The number of urea groups is 1. The number of rotatable bonds is 6. The van der Waals surface area contributed by atoms with Gasteiger partial charge in [-0.25, -0.2) is 9.59 Å². The lowest BCUT2D eigenvalue weighted by atomic mass is 10.0. The number of hydrogen-bond acceptors (Lipinski definition) is 5. The van der Waals surface area contributed by atoms with Crippen LogP contribution in [0.15, 0.2) is 42.5 Å². The Kier molecular flexibility index (Phi) is 5.54. The molecule has 2 aromatic rings. The van der Waals surface area contributed by atoms with Crippen molar-refractivity contribution in [2.45, 2.75) is 20.4 Å². The minimum atomic E-state index is -0.641. The lowest BCUT2D eigenvalue weighted by Gasteiger charge is -2.13. The van der Waals surface area contributed by atoms with Crippen LogP contribution < -0.4 is 5.32 Å². The number of nitrogens with one attached hydrogen (secondary N) is 1. The van der Waals surface area contributed by atoms with Gasteiger partial charge in [0.05, 0.1) is 18.7 Å². The summed E-state index contributed by atoms with van der Waals surface area (Å²) in [7, 11) is 0. The average molecular weight is 380 g/mol. The second-order valence-corrected chi connectivity index (χ2v) is 6.66. The molecule has 0 bridgehead atoms. The summed E-state index contributed by atoms with van der Waals surface area (Å²) in [5, 5.41) is 2.44. The topological polar surface area (TPSA) is 92.8 Å². The number of benzene rings is 2. The standard InChI is InChI=1S/C21H20N2O5/c1-13-6-7-14(2)17(8-13)18(24)12-28-20(26)16-5-3-4-15(9-16)11-23-19(25)10-22-21(23)27/h3-9H,10-12H2,1-2H3,(H,22,27). The first-order chi connectivity index (χ1) is 13.3. The maximum atomic E-state index is 12.4. The van der Waals surface area contributed by atoms with Crippen LogP contribution in [0.4, 0.5) is 4.79 Å². The number of nitrogens with zero attached hydrogens (tertiary/aromatic N) is 1. The fourth-order valence-electron chi connectivity index (χ4n) is 2.92. The molecule has 2 aromatic carbocycles. The molecule has 0 atom stereocenters. The Bertz CT molecular complexity index is 951. The van der Waals surface area contributed by atoms with Crippen LogP contribution >= 0.6 is 0 Å². The number of hydrogen-bond donors (Lipinski definition) is 1. The maximum Gasteiger partial charge on any atom is 0.338 e. The Labute approximate surface area is 162 Å². The predicted molar refractivity (Wildman–Crippen MR) is 101 cm³/mol. The molecule has 7 nitrogen and oxygen atoms in total. The van der Waals surface area contributed by atoms with Crippen LogP contribution in [0, 0.1) is 13.8 Å². The Balaban J connectivity index is 1.64. The van der Waals surface area contributed by atoms with Gasteiger partial charge in [-0.3, -0.25) is 14.5 Å². The Morgan fingerprint density at radius 1 is 1.11 bits per heavy atom. The number of ether oxygens (including phenoxy) is 1. The van der Waals surface area contributed by atoms with Crippen LogP contribution in [-0.2, 0) is 16.1 Å². The van der Waals surface area contributed by atoms with Crippen molar-refractivity contribution < 1.29 is 23.9 Å². The molecule has 28 heavy (non-hydrogen) atoms. The van der Waals surface area contributed by atoms with E-state index in [9.17, 15) is 19.2 Å². The van der Waals surface area contributed by atoms with E-state index in [1.165, 1.54) is 0 Å². The Morgan fingerprint density at radius 2 is 1.89 bits per heavy atom. The molecule has 1 fully saturated rings. The third-order valence-electron chi connectivity index (χ3n) is 4.47. The minimum absolute atomic E-state index is 0.0267. The van der Waals surface area contributed by atoms with Gasteiger partial charge in [-0.05, 0) is 43.2 Å². The SMILES string of the molecule is Cc1ccc(C)c(C(=O)COC(=O)c2cccc(CN3C(=O)CNC3=O)c2)c1. The van der Waals surface area contributed by atoms with Crippen molar-refractivity contribution in [2.75, 3.05) is 13.2 Å². The van der Waals surface area contributed by atoms with E-state index in [0.29, 0.717) is 11.1 Å². The number of ketones is 1. The largest absolute Gasteiger partial charge is 0.454 e. The summed E-state index contributed by atoms with van der Waals surface area (Å²) in [4.78, 5) is 49.1. The Hall–Kier alpha value is -3.48. The molecule has 1 N–H and O–H groups in total. The summed E-state index contributed by atoms with van der Waals surface area (Å²) in [6.07, 6.45) is 0. The number of amides is 3. The van der Waals surface area contributed by atoms with Gasteiger partial charge in [0.2, 0.25) is 11.7 Å². The van der Waals surface area contributed by atoms with Crippen LogP contribution in [-0.4, -0.2) is 41.7 Å². The van der Waals surface area contributed by atoms with Gasteiger partial charge in [-0.1, -0.05) is 29.8 Å². The number of Topliss-reactive ketones (excluding diaryl/α,β-unsaturated/α-hetero) is 1.